The van der Waals surface area contributed by atoms with E-state index in [9.17, 15) is 5.11 Å². The van der Waals surface area contributed by atoms with Crippen molar-refractivity contribution in [2.24, 2.45) is 0 Å². The molecule has 0 spiro atoms. The summed E-state index contributed by atoms with van der Waals surface area (Å²) in [5.41, 5.74) is 2.46. The lowest BCUT2D eigenvalue weighted by atomic mass is 9.73. The van der Waals surface area contributed by atoms with Crippen molar-refractivity contribution in [3.8, 4) is 0 Å². The van der Waals surface area contributed by atoms with Crippen molar-refractivity contribution in [3.05, 3.63) is 63.0 Å². The van der Waals surface area contributed by atoms with E-state index in [-0.39, 0.29) is 5.92 Å². The first-order chi connectivity index (χ1) is 9.59. The molecule has 1 N–H and O–H groups in total. The molecule has 0 amide bonds. The van der Waals surface area contributed by atoms with Crippen LogP contribution in [0.4, 0.5) is 0 Å². The van der Waals surface area contributed by atoms with Gasteiger partial charge in [-0.25, -0.2) is 0 Å². The van der Waals surface area contributed by atoms with Crippen molar-refractivity contribution in [3.63, 3.8) is 0 Å². The molecule has 1 aromatic carbocycles. The van der Waals surface area contributed by atoms with Crippen LogP contribution in [-0.2, 0) is 12.0 Å². The first kappa shape index (κ1) is 14.0. The minimum Gasteiger partial charge on any atom is -0.385 e. The molecule has 3 heteroatoms. The van der Waals surface area contributed by atoms with E-state index in [4.69, 9.17) is 0 Å². The molecular weight excluding hydrogens is 361 g/mol. The summed E-state index contributed by atoms with van der Waals surface area (Å²) in [5, 5.41) is 11.1. The first-order valence-electron chi connectivity index (χ1n) is 7.01. The predicted octanol–water partition coefficient (Wildman–Crippen LogP) is 4.01. The standard InChI is InChI=1S/C17H18INO/c1-17(20,13-7-9-14(18)10-8-13)15-6-2-4-12-5-3-11-19-16(12)15/h3,5,7-11,15,20H,2,4,6H2,1H3. The minimum absolute atomic E-state index is 0.0764. The quantitative estimate of drug-likeness (QED) is 0.800. The van der Waals surface area contributed by atoms with E-state index in [0.29, 0.717) is 0 Å². The van der Waals surface area contributed by atoms with Crippen LogP contribution in [0.5, 0.6) is 0 Å². The summed E-state index contributed by atoms with van der Waals surface area (Å²) in [4.78, 5) is 4.55. The maximum atomic E-state index is 11.1. The van der Waals surface area contributed by atoms with Gasteiger partial charge < -0.3 is 5.11 Å². The second kappa shape index (κ2) is 5.45. The molecule has 0 saturated carbocycles. The highest BCUT2D eigenvalue weighted by atomic mass is 127. The number of fused-ring (bicyclic) bond motifs is 1. The van der Waals surface area contributed by atoms with Gasteiger partial charge in [-0.15, -0.1) is 0 Å². The van der Waals surface area contributed by atoms with E-state index in [1.54, 1.807) is 0 Å². The topological polar surface area (TPSA) is 33.1 Å². The number of pyridine rings is 1. The Kier molecular flexibility index (Phi) is 3.82. The molecule has 0 aliphatic heterocycles. The third kappa shape index (κ3) is 2.49. The van der Waals surface area contributed by atoms with Gasteiger partial charge in [0.2, 0.25) is 0 Å². The molecule has 0 fully saturated rings. The van der Waals surface area contributed by atoms with E-state index in [0.717, 1.165) is 30.5 Å². The highest BCUT2D eigenvalue weighted by molar-refractivity contribution is 14.1. The van der Waals surface area contributed by atoms with Gasteiger partial charge in [0, 0.05) is 21.4 Å². The summed E-state index contributed by atoms with van der Waals surface area (Å²) < 4.78 is 1.18. The molecule has 0 radical (unpaired) electrons. The van der Waals surface area contributed by atoms with Crippen molar-refractivity contribution >= 4 is 22.6 Å². The van der Waals surface area contributed by atoms with Crippen LogP contribution in [0.1, 0.15) is 42.5 Å². The van der Waals surface area contributed by atoms with Gasteiger partial charge >= 0.3 is 0 Å². The zero-order chi connectivity index (χ0) is 14.2. The number of hydrogen-bond acceptors (Lipinski definition) is 2. The predicted molar refractivity (Wildman–Crippen MR) is 88.6 cm³/mol. The number of aryl methyl sites for hydroxylation is 1. The Balaban J connectivity index is 2.02. The van der Waals surface area contributed by atoms with Gasteiger partial charge in [-0.05, 0) is 78.1 Å². The highest BCUT2D eigenvalue weighted by Crippen LogP contribution is 2.43. The third-order valence-electron chi connectivity index (χ3n) is 4.30. The second-order valence-corrected chi connectivity index (χ2v) is 6.89. The monoisotopic (exact) mass is 379 g/mol. The number of benzene rings is 1. The Labute approximate surface area is 133 Å². The molecule has 2 atom stereocenters. The number of hydrogen-bond donors (Lipinski definition) is 1. The van der Waals surface area contributed by atoms with Crippen LogP contribution < -0.4 is 0 Å². The van der Waals surface area contributed by atoms with Crippen LogP contribution in [0.15, 0.2) is 42.6 Å². The Morgan fingerprint density at radius 1 is 1.25 bits per heavy atom. The number of halogens is 1. The SMILES string of the molecule is CC(O)(c1ccc(I)cc1)C1CCCc2cccnc21. The molecule has 1 aliphatic carbocycles. The van der Waals surface area contributed by atoms with E-state index >= 15 is 0 Å². The maximum absolute atomic E-state index is 11.1. The summed E-state index contributed by atoms with van der Waals surface area (Å²) in [5.74, 6) is 0.0764. The Morgan fingerprint density at radius 3 is 2.75 bits per heavy atom. The number of rotatable bonds is 2. The highest BCUT2D eigenvalue weighted by Gasteiger charge is 2.38. The zero-order valence-electron chi connectivity index (χ0n) is 11.5. The van der Waals surface area contributed by atoms with Crippen molar-refractivity contribution in [2.45, 2.75) is 37.7 Å². The molecule has 104 valence electrons. The Bertz CT molecular complexity index is 607. The molecular formula is C17H18INO. The fraction of sp³-hybridized carbons (Fsp3) is 0.353. The van der Waals surface area contributed by atoms with Crippen molar-refractivity contribution in [2.75, 3.05) is 0 Å². The molecule has 2 nitrogen and oxygen atoms in total. The van der Waals surface area contributed by atoms with Crippen molar-refractivity contribution < 1.29 is 5.11 Å². The average Bonchev–Trinajstić information content (AvgIpc) is 2.47. The van der Waals surface area contributed by atoms with E-state index in [1.807, 2.05) is 43.5 Å². The van der Waals surface area contributed by atoms with E-state index < -0.39 is 5.60 Å². The smallest absolute Gasteiger partial charge is 0.0951 e. The normalized spacial score (nSPS) is 21.1. The van der Waals surface area contributed by atoms with Crippen molar-refractivity contribution in [1.82, 2.24) is 4.98 Å². The van der Waals surface area contributed by atoms with Gasteiger partial charge in [0.25, 0.3) is 0 Å². The molecule has 0 bridgehead atoms. The molecule has 2 aromatic rings. The van der Waals surface area contributed by atoms with E-state index in [2.05, 4.69) is 33.6 Å². The van der Waals surface area contributed by atoms with Crippen LogP contribution in [0.25, 0.3) is 0 Å². The van der Waals surface area contributed by atoms with Gasteiger partial charge in [0.1, 0.15) is 0 Å². The number of aromatic nitrogens is 1. The third-order valence-corrected chi connectivity index (χ3v) is 5.02. The van der Waals surface area contributed by atoms with E-state index in [1.165, 1.54) is 9.13 Å². The lowest BCUT2D eigenvalue weighted by Gasteiger charge is -2.36. The summed E-state index contributed by atoms with van der Waals surface area (Å²) in [6.45, 7) is 1.92. The Hall–Kier alpha value is -0.940. The van der Waals surface area contributed by atoms with Gasteiger partial charge in [0.05, 0.1) is 5.60 Å². The molecule has 1 aromatic heterocycles. The molecule has 2 unspecified atom stereocenters. The second-order valence-electron chi connectivity index (χ2n) is 5.65. The van der Waals surface area contributed by atoms with Crippen molar-refractivity contribution in [1.29, 1.82) is 0 Å². The summed E-state index contributed by atoms with van der Waals surface area (Å²) in [6, 6.07) is 12.3. The molecule has 20 heavy (non-hydrogen) atoms. The van der Waals surface area contributed by atoms with Gasteiger partial charge in [-0.2, -0.15) is 0 Å². The lowest BCUT2D eigenvalue weighted by Crippen LogP contribution is -2.33. The molecule has 1 aliphatic rings. The summed E-state index contributed by atoms with van der Waals surface area (Å²) >= 11 is 2.29. The van der Waals surface area contributed by atoms with Gasteiger partial charge in [0.15, 0.2) is 0 Å². The minimum atomic E-state index is -0.867. The molecule has 0 saturated heterocycles. The Morgan fingerprint density at radius 2 is 2.00 bits per heavy atom. The van der Waals surface area contributed by atoms with Crippen LogP contribution in [0.3, 0.4) is 0 Å². The lowest BCUT2D eigenvalue weighted by molar-refractivity contribution is 0.0188. The fourth-order valence-electron chi connectivity index (χ4n) is 3.15. The summed E-state index contributed by atoms with van der Waals surface area (Å²) in [6.07, 6.45) is 5.01. The van der Waals surface area contributed by atoms with Crippen LogP contribution in [0, 0.1) is 3.57 Å². The average molecular weight is 379 g/mol. The number of nitrogens with zero attached hydrogens (tertiary/aromatic N) is 1. The van der Waals surface area contributed by atoms with Crippen LogP contribution >= 0.6 is 22.6 Å². The maximum Gasteiger partial charge on any atom is 0.0951 e. The van der Waals surface area contributed by atoms with Gasteiger partial charge in [-0.3, -0.25) is 4.98 Å². The largest absolute Gasteiger partial charge is 0.385 e. The van der Waals surface area contributed by atoms with Gasteiger partial charge in [-0.1, -0.05) is 18.2 Å². The van der Waals surface area contributed by atoms with Crippen LogP contribution in [-0.4, -0.2) is 10.1 Å². The zero-order valence-corrected chi connectivity index (χ0v) is 13.7. The summed E-state index contributed by atoms with van der Waals surface area (Å²) in [7, 11) is 0. The first-order valence-corrected chi connectivity index (χ1v) is 8.09. The van der Waals surface area contributed by atoms with Crippen LogP contribution in [0.2, 0.25) is 0 Å². The molecule has 1 heterocycles. The fourth-order valence-corrected chi connectivity index (χ4v) is 3.50. The number of aliphatic hydroxyl groups is 1. The molecule has 3 rings (SSSR count).